The first-order valence-corrected chi connectivity index (χ1v) is 11.7. The maximum Gasteiger partial charge on any atom is 0.325 e. The number of thiazole rings is 1. The number of nitrogens with one attached hydrogen (secondary N) is 2. The fraction of sp³-hybridized carbons (Fsp3) is 0.429. The van der Waals surface area contributed by atoms with Crippen molar-refractivity contribution in [3.8, 4) is 0 Å². The monoisotopic (exact) mass is 493 g/mol. The molecule has 1 atom stereocenters. The van der Waals surface area contributed by atoms with E-state index in [2.05, 4.69) is 31.5 Å². The van der Waals surface area contributed by atoms with E-state index in [1.54, 1.807) is 18.4 Å². The highest BCUT2D eigenvalue weighted by atomic mass is 79.9. The molecule has 30 heavy (non-hydrogen) atoms. The second kappa shape index (κ2) is 10.2. The van der Waals surface area contributed by atoms with E-state index in [0.717, 1.165) is 31.2 Å². The number of carbonyl (C=O) groups excluding carboxylic acids is 3. The second-order valence-corrected chi connectivity index (χ2v) is 8.94. The molecule has 0 saturated heterocycles. The van der Waals surface area contributed by atoms with Crippen LogP contribution in [0.2, 0.25) is 0 Å². The molecule has 0 bridgehead atoms. The van der Waals surface area contributed by atoms with E-state index in [1.807, 2.05) is 19.1 Å². The lowest BCUT2D eigenvalue weighted by Crippen LogP contribution is -2.22. The number of rotatable bonds is 7. The number of hydrogen-bond acceptors (Lipinski definition) is 6. The van der Waals surface area contributed by atoms with Crippen LogP contribution in [-0.2, 0) is 9.53 Å². The van der Waals surface area contributed by atoms with Gasteiger partial charge in [0.1, 0.15) is 0 Å². The molecule has 3 rings (SSSR count). The van der Waals surface area contributed by atoms with E-state index in [4.69, 9.17) is 4.74 Å². The van der Waals surface area contributed by atoms with Crippen LogP contribution in [0.15, 0.2) is 23.6 Å². The lowest BCUT2D eigenvalue weighted by molar-refractivity contribution is -0.142. The summed E-state index contributed by atoms with van der Waals surface area (Å²) < 4.78 is 4.96. The third-order valence-electron chi connectivity index (χ3n) is 4.91. The van der Waals surface area contributed by atoms with Gasteiger partial charge in [0.05, 0.1) is 18.0 Å². The average Bonchev–Trinajstić information content (AvgIpc) is 3.40. The number of hydrogen-bond donors (Lipinski definition) is 2. The predicted molar refractivity (Wildman–Crippen MR) is 121 cm³/mol. The van der Waals surface area contributed by atoms with Crippen molar-refractivity contribution in [2.75, 3.05) is 17.2 Å². The summed E-state index contributed by atoms with van der Waals surface area (Å²) in [5, 5.41) is 7.44. The van der Waals surface area contributed by atoms with Crippen LogP contribution in [0.25, 0.3) is 0 Å². The van der Waals surface area contributed by atoms with Crippen molar-refractivity contribution in [1.29, 1.82) is 0 Å². The van der Waals surface area contributed by atoms with Crippen LogP contribution in [0.3, 0.4) is 0 Å². The van der Waals surface area contributed by atoms with Crippen molar-refractivity contribution in [3.63, 3.8) is 0 Å². The van der Waals surface area contributed by atoms with Crippen molar-refractivity contribution in [1.82, 2.24) is 4.98 Å². The molecule has 1 heterocycles. The first kappa shape index (κ1) is 22.4. The summed E-state index contributed by atoms with van der Waals surface area (Å²) >= 11 is 4.45. The number of esters is 1. The highest BCUT2D eigenvalue weighted by Crippen LogP contribution is 2.31. The minimum atomic E-state index is -0.694. The minimum Gasteiger partial charge on any atom is -0.465 e. The summed E-state index contributed by atoms with van der Waals surface area (Å²) in [6.45, 7) is 3.93. The number of Topliss-reactive ketones (excluding diaryl/α,β-unsaturated/α-hetero) is 1. The van der Waals surface area contributed by atoms with Crippen LogP contribution in [0.1, 0.15) is 59.0 Å². The van der Waals surface area contributed by atoms with Gasteiger partial charge in [0.2, 0.25) is 0 Å². The number of aryl methyl sites for hydroxylation is 1. The van der Waals surface area contributed by atoms with E-state index in [9.17, 15) is 14.4 Å². The summed E-state index contributed by atoms with van der Waals surface area (Å²) in [7, 11) is 0. The molecule has 2 amide bonds. The standard InChI is InChI=1S/C21H24BrN3O4S/c1-3-29-19(27)17(22)16-11-30-21(24-16)25-20(28)23-15-9-8-12(2)10-14(15)18(26)13-6-4-5-7-13/h8-11,13,17H,3-7H2,1-2H3,(H2,23,24,25,28). The Hall–Kier alpha value is -2.26. The lowest BCUT2D eigenvalue weighted by Gasteiger charge is -2.14. The van der Waals surface area contributed by atoms with Gasteiger partial charge in [0.25, 0.3) is 0 Å². The van der Waals surface area contributed by atoms with E-state index >= 15 is 0 Å². The molecule has 160 valence electrons. The van der Waals surface area contributed by atoms with Gasteiger partial charge in [-0.2, -0.15) is 0 Å². The summed E-state index contributed by atoms with van der Waals surface area (Å²) in [5.41, 5.74) is 2.45. The molecule has 1 aromatic heterocycles. The Kier molecular flexibility index (Phi) is 7.60. The number of ketones is 1. The van der Waals surface area contributed by atoms with Gasteiger partial charge in [0, 0.05) is 16.9 Å². The summed E-state index contributed by atoms with van der Waals surface area (Å²) in [5.74, 6) is -0.330. The molecule has 9 heteroatoms. The molecular formula is C21H24BrN3O4S. The zero-order valence-corrected chi connectivity index (χ0v) is 19.3. The average molecular weight is 494 g/mol. The molecule has 2 N–H and O–H groups in total. The lowest BCUT2D eigenvalue weighted by atomic mass is 9.94. The van der Waals surface area contributed by atoms with Gasteiger partial charge in [-0.05, 0) is 38.8 Å². The number of alkyl halides is 1. The van der Waals surface area contributed by atoms with Crippen molar-refractivity contribution in [2.24, 2.45) is 5.92 Å². The molecular weight excluding hydrogens is 470 g/mol. The zero-order chi connectivity index (χ0) is 21.7. The SMILES string of the molecule is CCOC(=O)C(Br)c1csc(NC(=O)Nc2ccc(C)cc2C(=O)C2CCCC2)n1. The van der Waals surface area contributed by atoms with Crippen molar-refractivity contribution in [3.05, 3.63) is 40.4 Å². The maximum absolute atomic E-state index is 12.9. The van der Waals surface area contributed by atoms with E-state index in [0.29, 0.717) is 22.1 Å². The van der Waals surface area contributed by atoms with E-state index < -0.39 is 16.8 Å². The third kappa shape index (κ3) is 5.46. The van der Waals surface area contributed by atoms with Gasteiger partial charge in [-0.15, -0.1) is 11.3 Å². The van der Waals surface area contributed by atoms with E-state index in [1.165, 1.54) is 11.3 Å². The quantitative estimate of drug-likeness (QED) is 0.302. The molecule has 0 spiro atoms. The molecule has 1 aromatic carbocycles. The normalized spacial score (nSPS) is 14.9. The molecule has 2 aromatic rings. The van der Waals surface area contributed by atoms with Crippen LogP contribution in [0, 0.1) is 12.8 Å². The number of nitrogens with zero attached hydrogens (tertiary/aromatic N) is 1. The summed E-state index contributed by atoms with van der Waals surface area (Å²) in [4.78, 5) is 40.8. The number of aromatic nitrogens is 1. The fourth-order valence-corrected chi connectivity index (χ4v) is 4.70. The number of benzene rings is 1. The van der Waals surface area contributed by atoms with Crippen molar-refractivity contribution in [2.45, 2.75) is 44.4 Å². The number of carbonyl (C=O) groups is 3. The van der Waals surface area contributed by atoms with Gasteiger partial charge in [-0.25, -0.2) is 9.78 Å². The Balaban J connectivity index is 1.68. The number of halogens is 1. The molecule has 1 aliphatic rings. The largest absolute Gasteiger partial charge is 0.465 e. The highest BCUT2D eigenvalue weighted by Gasteiger charge is 2.26. The number of ether oxygens (including phenoxy) is 1. The topological polar surface area (TPSA) is 97.4 Å². The molecule has 1 aliphatic carbocycles. The Bertz CT molecular complexity index is 940. The highest BCUT2D eigenvalue weighted by molar-refractivity contribution is 9.09. The van der Waals surface area contributed by atoms with Gasteiger partial charge < -0.3 is 10.1 Å². The Morgan fingerprint density at radius 1 is 1.27 bits per heavy atom. The molecule has 1 saturated carbocycles. The Labute approximate surface area is 187 Å². The first-order valence-electron chi connectivity index (χ1n) is 9.88. The maximum atomic E-state index is 12.9. The Morgan fingerprint density at radius 2 is 2.00 bits per heavy atom. The van der Waals surface area contributed by atoms with E-state index in [-0.39, 0.29) is 18.3 Å². The Morgan fingerprint density at radius 3 is 2.70 bits per heavy atom. The number of urea groups is 1. The van der Waals surface area contributed by atoms with Crippen LogP contribution >= 0.6 is 27.3 Å². The smallest absolute Gasteiger partial charge is 0.325 e. The van der Waals surface area contributed by atoms with Crippen LogP contribution in [0.4, 0.5) is 15.6 Å². The van der Waals surface area contributed by atoms with Crippen molar-refractivity contribution >= 4 is 55.9 Å². The molecule has 0 radical (unpaired) electrons. The number of amides is 2. The van der Waals surface area contributed by atoms with Gasteiger partial charge in [-0.1, -0.05) is 40.4 Å². The summed E-state index contributed by atoms with van der Waals surface area (Å²) in [6.07, 6.45) is 3.93. The van der Waals surface area contributed by atoms with Gasteiger partial charge in [0.15, 0.2) is 15.7 Å². The molecule has 0 aliphatic heterocycles. The number of anilines is 2. The fourth-order valence-electron chi connectivity index (χ4n) is 3.43. The molecule has 1 unspecified atom stereocenters. The van der Waals surface area contributed by atoms with Crippen LogP contribution in [-0.4, -0.2) is 29.4 Å². The van der Waals surface area contributed by atoms with Gasteiger partial charge in [-0.3, -0.25) is 14.9 Å². The third-order valence-corrected chi connectivity index (χ3v) is 6.53. The zero-order valence-electron chi connectivity index (χ0n) is 16.9. The second-order valence-electron chi connectivity index (χ2n) is 7.17. The molecule has 1 fully saturated rings. The van der Waals surface area contributed by atoms with Gasteiger partial charge >= 0.3 is 12.0 Å². The van der Waals surface area contributed by atoms with Crippen LogP contribution < -0.4 is 10.6 Å². The first-order chi connectivity index (χ1) is 14.4. The minimum absolute atomic E-state index is 0.0238. The molecule has 7 nitrogen and oxygen atoms in total. The predicted octanol–water partition coefficient (Wildman–Crippen LogP) is 5.47. The summed E-state index contributed by atoms with van der Waals surface area (Å²) in [6, 6.07) is 4.94. The van der Waals surface area contributed by atoms with Crippen molar-refractivity contribution < 1.29 is 19.1 Å². The van der Waals surface area contributed by atoms with Crippen LogP contribution in [0.5, 0.6) is 0 Å².